The van der Waals surface area contributed by atoms with Crippen molar-refractivity contribution in [1.29, 1.82) is 0 Å². The van der Waals surface area contributed by atoms with Crippen molar-refractivity contribution in [3.8, 4) is 11.5 Å². The van der Waals surface area contributed by atoms with Crippen molar-refractivity contribution in [2.75, 3.05) is 13.2 Å². The summed E-state index contributed by atoms with van der Waals surface area (Å²) in [5.74, 6) is 0.961. The average Bonchev–Trinajstić information content (AvgIpc) is 2.35. The number of fused-ring (bicyclic) bond motifs is 1. The van der Waals surface area contributed by atoms with Crippen LogP contribution >= 0.6 is 11.6 Å². The van der Waals surface area contributed by atoms with E-state index in [-0.39, 0.29) is 23.8 Å². The summed E-state index contributed by atoms with van der Waals surface area (Å²) in [6.45, 7) is 4.95. The first-order valence-electron chi connectivity index (χ1n) is 6.91. The standard InChI is InChI=1S/C15H21ClN2O3/c1-15(2,8-14(18)19)7-11(17)9-5-12-13(6-10(9)16)21-4-3-20-12/h5-6,11H,3-4,7-8,17H2,1-2H3,(H2,18,19). The summed E-state index contributed by atoms with van der Waals surface area (Å²) in [4.78, 5) is 11.1. The van der Waals surface area contributed by atoms with Gasteiger partial charge in [0.05, 0.1) is 0 Å². The number of hydrogen-bond acceptors (Lipinski definition) is 4. The molecular weight excluding hydrogens is 292 g/mol. The molecule has 4 N–H and O–H groups in total. The molecule has 1 unspecified atom stereocenters. The molecule has 1 atom stereocenters. The number of nitrogens with two attached hydrogens (primary N) is 2. The normalized spacial score (nSPS) is 15.6. The molecule has 1 aromatic carbocycles. The summed E-state index contributed by atoms with van der Waals surface area (Å²) in [6.07, 6.45) is 0.873. The van der Waals surface area contributed by atoms with E-state index in [1.54, 1.807) is 6.07 Å². The molecule has 0 spiro atoms. The maximum absolute atomic E-state index is 11.1. The van der Waals surface area contributed by atoms with Crippen molar-refractivity contribution in [1.82, 2.24) is 0 Å². The van der Waals surface area contributed by atoms with Crippen LogP contribution in [-0.4, -0.2) is 19.1 Å². The number of carbonyl (C=O) groups is 1. The Kier molecular flexibility index (Phi) is 4.64. The van der Waals surface area contributed by atoms with Crippen molar-refractivity contribution in [3.63, 3.8) is 0 Å². The lowest BCUT2D eigenvalue weighted by Crippen LogP contribution is -2.27. The molecule has 21 heavy (non-hydrogen) atoms. The molecule has 1 heterocycles. The highest BCUT2D eigenvalue weighted by atomic mass is 35.5. The van der Waals surface area contributed by atoms with Crippen LogP contribution in [-0.2, 0) is 4.79 Å². The molecule has 1 aliphatic rings. The van der Waals surface area contributed by atoms with Gasteiger partial charge in [0.1, 0.15) is 13.2 Å². The van der Waals surface area contributed by atoms with Crippen molar-refractivity contribution in [2.45, 2.75) is 32.7 Å². The molecule has 116 valence electrons. The molecule has 2 rings (SSSR count). The fourth-order valence-electron chi connectivity index (χ4n) is 2.61. The Bertz CT molecular complexity index is 546. The second-order valence-electron chi connectivity index (χ2n) is 6.14. The minimum absolute atomic E-state index is 0.281. The SMILES string of the molecule is CC(C)(CC(N)=O)CC(N)c1cc2c(cc1Cl)OCCO2. The lowest BCUT2D eigenvalue weighted by atomic mass is 9.81. The summed E-state index contributed by atoms with van der Waals surface area (Å²) in [6, 6.07) is 3.25. The molecule has 0 aliphatic carbocycles. The van der Waals surface area contributed by atoms with Gasteiger partial charge >= 0.3 is 0 Å². The molecule has 1 amide bonds. The third-order valence-corrected chi connectivity index (χ3v) is 3.81. The molecule has 6 heteroatoms. The molecular formula is C15H21ClN2O3. The Morgan fingerprint density at radius 2 is 1.90 bits per heavy atom. The third kappa shape index (κ3) is 4.02. The van der Waals surface area contributed by atoms with E-state index in [0.717, 1.165) is 5.56 Å². The first-order valence-corrected chi connectivity index (χ1v) is 7.29. The van der Waals surface area contributed by atoms with E-state index >= 15 is 0 Å². The molecule has 0 saturated carbocycles. The fraction of sp³-hybridized carbons (Fsp3) is 0.533. The van der Waals surface area contributed by atoms with Gasteiger partial charge in [0, 0.05) is 23.6 Å². The van der Waals surface area contributed by atoms with E-state index in [4.69, 9.17) is 32.5 Å². The van der Waals surface area contributed by atoms with Gasteiger partial charge < -0.3 is 20.9 Å². The number of amides is 1. The maximum Gasteiger partial charge on any atom is 0.217 e. The highest BCUT2D eigenvalue weighted by Gasteiger charge is 2.26. The third-order valence-electron chi connectivity index (χ3n) is 3.49. The zero-order valence-corrected chi connectivity index (χ0v) is 13.1. The average molecular weight is 313 g/mol. The largest absolute Gasteiger partial charge is 0.486 e. The van der Waals surface area contributed by atoms with Crippen LogP contribution in [0.25, 0.3) is 0 Å². The number of hydrogen-bond donors (Lipinski definition) is 2. The number of benzene rings is 1. The summed E-state index contributed by atoms with van der Waals surface area (Å²) in [5.41, 5.74) is 12.0. The van der Waals surface area contributed by atoms with E-state index in [1.807, 2.05) is 19.9 Å². The lowest BCUT2D eigenvalue weighted by Gasteiger charge is -2.28. The highest BCUT2D eigenvalue weighted by molar-refractivity contribution is 6.31. The van der Waals surface area contributed by atoms with E-state index in [2.05, 4.69) is 0 Å². The molecule has 0 radical (unpaired) electrons. The molecule has 5 nitrogen and oxygen atoms in total. The van der Waals surface area contributed by atoms with Crippen LogP contribution in [0, 0.1) is 5.41 Å². The van der Waals surface area contributed by atoms with E-state index in [0.29, 0.717) is 36.2 Å². The molecule has 0 aromatic heterocycles. The van der Waals surface area contributed by atoms with Gasteiger partial charge in [-0.3, -0.25) is 4.79 Å². The van der Waals surface area contributed by atoms with E-state index in [9.17, 15) is 4.79 Å². The van der Waals surface area contributed by atoms with Crippen LogP contribution in [0.3, 0.4) is 0 Å². The topological polar surface area (TPSA) is 87.6 Å². The molecule has 0 saturated heterocycles. The van der Waals surface area contributed by atoms with Gasteiger partial charge in [-0.2, -0.15) is 0 Å². The lowest BCUT2D eigenvalue weighted by molar-refractivity contribution is -0.120. The van der Waals surface area contributed by atoms with Crippen molar-refractivity contribution >= 4 is 17.5 Å². The van der Waals surface area contributed by atoms with Crippen molar-refractivity contribution in [2.24, 2.45) is 16.9 Å². The van der Waals surface area contributed by atoms with Crippen LogP contribution in [0.1, 0.15) is 38.3 Å². The second kappa shape index (κ2) is 6.12. The molecule has 0 bridgehead atoms. The Morgan fingerprint density at radius 1 is 1.33 bits per heavy atom. The minimum Gasteiger partial charge on any atom is -0.486 e. The first-order chi connectivity index (χ1) is 9.78. The number of halogens is 1. The maximum atomic E-state index is 11.1. The van der Waals surface area contributed by atoms with E-state index < -0.39 is 0 Å². The van der Waals surface area contributed by atoms with Gasteiger partial charge in [-0.15, -0.1) is 0 Å². The smallest absolute Gasteiger partial charge is 0.217 e. The van der Waals surface area contributed by atoms with Crippen LogP contribution in [0.5, 0.6) is 11.5 Å². The predicted molar refractivity (Wildman–Crippen MR) is 81.6 cm³/mol. The van der Waals surface area contributed by atoms with Crippen LogP contribution in [0.2, 0.25) is 5.02 Å². The van der Waals surface area contributed by atoms with Gasteiger partial charge in [0.2, 0.25) is 5.91 Å². The minimum atomic E-state index is -0.333. The van der Waals surface area contributed by atoms with Crippen LogP contribution < -0.4 is 20.9 Å². The summed E-state index contributed by atoms with van der Waals surface area (Å²) in [7, 11) is 0. The Morgan fingerprint density at radius 3 is 2.48 bits per heavy atom. The second-order valence-corrected chi connectivity index (χ2v) is 6.54. The number of rotatable bonds is 5. The van der Waals surface area contributed by atoms with Gasteiger partial charge in [0.25, 0.3) is 0 Å². The Balaban J connectivity index is 2.19. The quantitative estimate of drug-likeness (QED) is 0.874. The summed E-state index contributed by atoms with van der Waals surface area (Å²) < 4.78 is 11.0. The highest BCUT2D eigenvalue weighted by Crippen LogP contribution is 2.40. The predicted octanol–water partition coefficient (Wildman–Crippen LogP) is 2.40. The van der Waals surface area contributed by atoms with Gasteiger partial charge in [-0.1, -0.05) is 25.4 Å². The Labute approximate surface area is 129 Å². The zero-order chi connectivity index (χ0) is 15.6. The summed E-state index contributed by atoms with van der Waals surface area (Å²) in [5, 5.41) is 0.543. The molecule has 0 fully saturated rings. The van der Waals surface area contributed by atoms with Crippen molar-refractivity contribution in [3.05, 3.63) is 22.7 Å². The summed E-state index contributed by atoms with van der Waals surface area (Å²) >= 11 is 6.28. The molecule has 1 aliphatic heterocycles. The van der Waals surface area contributed by atoms with Crippen molar-refractivity contribution < 1.29 is 14.3 Å². The number of ether oxygens (including phenoxy) is 2. The first kappa shape index (κ1) is 15.9. The van der Waals surface area contributed by atoms with Crippen LogP contribution in [0.4, 0.5) is 0 Å². The zero-order valence-electron chi connectivity index (χ0n) is 12.3. The monoisotopic (exact) mass is 312 g/mol. The van der Waals surface area contributed by atoms with Gasteiger partial charge in [-0.25, -0.2) is 0 Å². The fourth-order valence-corrected chi connectivity index (χ4v) is 2.91. The number of carbonyl (C=O) groups excluding carboxylic acids is 1. The van der Waals surface area contributed by atoms with Crippen LogP contribution in [0.15, 0.2) is 12.1 Å². The van der Waals surface area contributed by atoms with Gasteiger partial charge in [-0.05, 0) is 23.5 Å². The van der Waals surface area contributed by atoms with E-state index in [1.165, 1.54) is 0 Å². The number of primary amides is 1. The Hall–Kier alpha value is -1.46. The van der Waals surface area contributed by atoms with Gasteiger partial charge in [0.15, 0.2) is 11.5 Å². The molecule has 1 aromatic rings.